The van der Waals surface area contributed by atoms with Gasteiger partial charge in [-0.3, -0.25) is 0 Å². The number of sulfonamides is 1. The van der Waals surface area contributed by atoms with Crippen molar-refractivity contribution in [1.82, 2.24) is 4.31 Å². The molecule has 1 aromatic rings. The van der Waals surface area contributed by atoms with E-state index in [1.807, 2.05) is 0 Å². The molecule has 2 rings (SSSR count). The molecular formula is C12H18N2O3S3. The Bertz CT molecular complexity index is 581. The second-order valence-corrected chi connectivity index (χ2v) is 8.40. The highest BCUT2D eigenvalue weighted by molar-refractivity contribution is 7.91. The van der Waals surface area contributed by atoms with E-state index in [-0.39, 0.29) is 21.8 Å². The summed E-state index contributed by atoms with van der Waals surface area (Å²) in [6, 6.07) is 3.08. The van der Waals surface area contributed by atoms with Gasteiger partial charge in [0.05, 0.1) is 4.88 Å². The van der Waals surface area contributed by atoms with Crippen LogP contribution in [-0.2, 0) is 10.0 Å². The fourth-order valence-corrected chi connectivity index (χ4v) is 5.64. The van der Waals surface area contributed by atoms with Crippen molar-refractivity contribution in [3.05, 3.63) is 17.0 Å². The van der Waals surface area contributed by atoms with Gasteiger partial charge < -0.3 is 10.8 Å². The van der Waals surface area contributed by atoms with E-state index in [1.54, 1.807) is 12.1 Å². The topological polar surface area (TPSA) is 83.6 Å². The van der Waals surface area contributed by atoms with Crippen molar-refractivity contribution in [2.75, 3.05) is 13.2 Å². The maximum Gasteiger partial charge on any atom is 0.252 e. The molecule has 1 saturated heterocycles. The quantitative estimate of drug-likeness (QED) is 0.793. The van der Waals surface area contributed by atoms with Crippen molar-refractivity contribution in [2.24, 2.45) is 5.73 Å². The molecule has 0 amide bonds. The predicted molar refractivity (Wildman–Crippen MR) is 83.4 cm³/mol. The molecule has 1 unspecified atom stereocenters. The molecule has 1 atom stereocenters. The van der Waals surface area contributed by atoms with Gasteiger partial charge in [0.15, 0.2) is 0 Å². The Hall–Kier alpha value is -0.540. The van der Waals surface area contributed by atoms with Crippen LogP contribution in [0.15, 0.2) is 16.3 Å². The van der Waals surface area contributed by atoms with Crippen molar-refractivity contribution in [3.8, 4) is 0 Å². The number of nitrogens with zero attached hydrogens (tertiary/aromatic N) is 1. The first-order valence-electron chi connectivity index (χ1n) is 6.49. The van der Waals surface area contributed by atoms with Crippen LogP contribution in [0.5, 0.6) is 0 Å². The van der Waals surface area contributed by atoms with E-state index >= 15 is 0 Å². The zero-order valence-electron chi connectivity index (χ0n) is 11.0. The first-order chi connectivity index (χ1) is 9.46. The first-order valence-corrected chi connectivity index (χ1v) is 9.15. The number of rotatable bonds is 5. The van der Waals surface area contributed by atoms with E-state index in [4.69, 9.17) is 23.1 Å². The highest BCUT2D eigenvalue weighted by Crippen LogP contribution is 2.30. The lowest BCUT2D eigenvalue weighted by atomic mass is 10.0. The van der Waals surface area contributed by atoms with Crippen LogP contribution in [0.2, 0.25) is 0 Å². The monoisotopic (exact) mass is 334 g/mol. The van der Waals surface area contributed by atoms with Crippen LogP contribution in [0.3, 0.4) is 0 Å². The third-order valence-corrected chi connectivity index (χ3v) is 7.31. The van der Waals surface area contributed by atoms with Gasteiger partial charge >= 0.3 is 0 Å². The summed E-state index contributed by atoms with van der Waals surface area (Å²) < 4.78 is 27.1. The summed E-state index contributed by atoms with van der Waals surface area (Å²) in [4.78, 5) is 0.816. The standard InChI is InChI=1S/C12H18N2O3S3/c13-12(18)10-4-5-11(19-10)20(16,17)14-7-2-1-3-9(14)6-8-15/h4-5,9,15H,1-3,6-8H2,(H2,13,18). The lowest BCUT2D eigenvalue weighted by Gasteiger charge is -2.33. The van der Waals surface area contributed by atoms with Crippen molar-refractivity contribution in [1.29, 1.82) is 0 Å². The van der Waals surface area contributed by atoms with Crippen molar-refractivity contribution in [3.63, 3.8) is 0 Å². The molecule has 0 radical (unpaired) electrons. The molecule has 1 aliphatic rings. The van der Waals surface area contributed by atoms with Gasteiger partial charge in [-0.05, 0) is 31.4 Å². The minimum absolute atomic E-state index is 0.000731. The smallest absolute Gasteiger partial charge is 0.252 e. The Morgan fingerprint density at radius 1 is 1.50 bits per heavy atom. The Labute approximate surface area is 128 Å². The summed E-state index contributed by atoms with van der Waals surface area (Å²) in [6.07, 6.45) is 3.13. The van der Waals surface area contributed by atoms with Crippen LogP contribution in [0.1, 0.15) is 30.6 Å². The van der Waals surface area contributed by atoms with Crippen molar-refractivity contribution in [2.45, 2.75) is 35.9 Å². The van der Waals surface area contributed by atoms with Crippen molar-refractivity contribution >= 4 is 38.6 Å². The molecule has 1 fully saturated rings. The Balaban J connectivity index is 2.29. The number of nitrogens with two attached hydrogens (primary N) is 1. The van der Waals surface area contributed by atoms with E-state index in [0.29, 0.717) is 17.8 Å². The fraction of sp³-hybridized carbons (Fsp3) is 0.583. The molecule has 20 heavy (non-hydrogen) atoms. The molecule has 0 aliphatic carbocycles. The van der Waals surface area contributed by atoms with E-state index in [1.165, 1.54) is 4.31 Å². The molecule has 5 nitrogen and oxygen atoms in total. The Morgan fingerprint density at radius 3 is 2.85 bits per heavy atom. The van der Waals surface area contributed by atoms with Crippen LogP contribution in [0, 0.1) is 0 Å². The van der Waals surface area contributed by atoms with E-state index in [2.05, 4.69) is 0 Å². The maximum absolute atomic E-state index is 12.7. The molecule has 112 valence electrons. The van der Waals surface area contributed by atoms with E-state index in [0.717, 1.165) is 30.6 Å². The van der Waals surface area contributed by atoms with Crippen LogP contribution < -0.4 is 5.73 Å². The molecule has 0 aromatic carbocycles. The van der Waals surface area contributed by atoms with Gasteiger partial charge in [0.25, 0.3) is 10.0 Å². The van der Waals surface area contributed by atoms with Crippen LogP contribution in [0.25, 0.3) is 0 Å². The molecule has 1 aromatic heterocycles. The molecule has 0 bridgehead atoms. The summed E-state index contributed by atoms with van der Waals surface area (Å²) in [6.45, 7) is 0.507. The largest absolute Gasteiger partial charge is 0.396 e. The third kappa shape index (κ3) is 3.20. The summed E-state index contributed by atoms with van der Waals surface area (Å²) in [7, 11) is -3.52. The number of hydrogen-bond donors (Lipinski definition) is 2. The number of thiophene rings is 1. The average Bonchev–Trinajstić information content (AvgIpc) is 2.90. The number of piperidine rings is 1. The van der Waals surface area contributed by atoms with Crippen molar-refractivity contribution < 1.29 is 13.5 Å². The lowest BCUT2D eigenvalue weighted by molar-refractivity contribution is 0.193. The van der Waals surface area contributed by atoms with E-state index < -0.39 is 10.0 Å². The summed E-state index contributed by atoms with van der Waals surface area (Å²) >= 11 is 5.97. The highest BCUT2D eigenvalue weighted by atomic mass is 32.2. The van der Waals surface area contributed by atoms with Gasteiger partial charge in [-0.2, -0.15) is 4.31 Å². The third-order valence-electron chi connectivity index (χ3n) is 3.42. The highest BCUT2D eigenvalue weighted by Gasteiger charge is 2.34. The molecule has 0 spiro atoms. The lowest BCUT2D eigenvalue weighted by Crippen LogP contribution is -2.43. The fourth-order valence-electron chi connectivity index (χ4n) is 2.43. The SMILES string of the molecule is NC(=S)c1ccc(S(=O)(=O)N2CCCCC2CCO)s1. The van der Waals surface area contributed by atoms with Gasteiger partial charge in [-0.1, -0.05) is 18.6 Å². The number of hydrogen-bond acceptors (Lipinski definition) is 5. The van der Waals surface area contributed by atoms with Crippen LogP contribution >= 0.6 is 23.6 Å². The van der Waals surface area contributed by atoms with E-state index in [9.17, 15) is 8.42 Å². The second kappa shape index (κ2) is 6.48. The van der Waals surface area contributed by atoms with Crippen LogP contribution in [0.4, 0.5) is 0 Å². The molecule has 3 N–H and O–H groups in total. The number of thiocarbonyl (C=S) groups is 1. The van der Waals surface area contributed by atoms with Gasteiger partial charge in [0.2, 0.25) is 0 Å². The molecular weight excluding hydrogens is 316 g/mol. The predicted octanol–water partition coefficient (Wildman–Crippen LogP) is 1.31. The zero-order chi connectivity index (χ0) is 14.8. The number of aliphatic hydroxyl groups is 1. The first kappa shape index (κ1) is 15.8. The average molecular weight is 334 g/mol. The Morgan fingerprint density at radius 2 is 2.25 bits per heavy atom. The second-order valence-electron chi connectivity index (χ2n) is 4.76. The van der Waals surface area contributed by atoms with Gasteiger partial charge in [0.1, 0.15) is 9.20 Å². The van der Waals surface area contributed by atoms with Crippen LogP contribution in [-0.4, -0.2) is 42.0 Å². The van der Waals surface area contributed by atoms with Gasteiger partial charge in [0, 0.05) is 19.2 Å². The normalized spacial score (nSPS) is 20.9. The Kier molecular flexibility index (Phi) is 5.14. The summed E-state index contributed by atoms with van der Waals surface area (Å²) in [5.41, 5.74) is 5.52. The number of aliphatic hydroxyl groups excluding tert-OH is 1. The molecule has 2 heterocycles. The summed E-state index contributed by atoms with van der Waals surface area (Å²) in [5.74, 6) is 0. The maximum atomic E-state index is 12.7. The minimum Gasteiger partial charge on any atom is -0.396 e. The summed E-state index contributed by atoms with van der Waals surface area (Å²) in [5, 5.41) is 9.10. The molecule has 8 heteroatoms. The zero-order valence-corrected chi connectivity index (χ0v) is 13.4. The molecule has 1 aliphatic heterocycles. The van der Waals surface area contributed by atoms with Gasteiger partial charge in [-0.25, -0.2) is 8.42 Å². The van der Waals surface area contributed by atoms with Gasteiger partial charge in [-0.15, -0.1) is 11.3 Å². The molecule has 0 saturated carbocycles. The minimum atomic E-state index is -3.52.